The van der Waals surface area contributed by atoms with Crippen molar-refractivity contribution < 1.29 is 4.79 Å². The second kappa shape index (κ2) is 9.15. The highest BCUT2D eigenvalue weighted by molar-refractivity contribution is 5.89. The molecule has 2 amide bonds. The number of aromatic nitrogens is 4. The summed E-state index contributed by atoms with van der Waals surface area (Å²) in [5, 5.41) is 2.97. The van der Waals surface area contributed by atoms with Crippen LogP contribution in [-0.2, 0) is 6.54 Å². The van der Waals surface area contributed by atoms with E-state index in [9.17, 15) is 4.79 Å². The molecule has 1 saturated heterocycles. The first kappa shape index (κ1) is 20.1. The van der Waals surface area contributed by atoms with Crippen molar-refractivity contribution in [1.82, 2.24) is 29.3 Å². The monoisotopic (exact) mass is 427 g/mol. The maximum Gasteiger partial charge on any atom is 0.321 e. The van der Waals surface area contributed by atoms with Crippen molar-refractivity contribution in [1.29, 1.82) is 0 Å². The quantitative estimate of drug-likeness (QED) is 0.528. The van der Waals surface area contributed by atoms with Gasteiger partial charge in [-0.25, -0.2) is 14.8 Å². The number of benzene rings is 1. The molecule has 8 nitrogen and oxygen atoms in total. The number of carbonyl (C=O) groups excluding carboxylic acids is 1. The first-order valence-corrected chi connectivity index (χ1v) is 10.8. The van der Waals surface area contributed by atoms with Gasteiger partial charge in [0.2, 0.25) is 0 Å². The molecule has 3 aromatic heterocycles. The first-order chi connectivity index (χ1) is 15.8. The van der Waals surface area contributed by atoms with Crippen LogP contribution in [0.3, 0.4) is 0 Å². The number of urea groups is 1. The molecule has 0 radical (unpaired) electrons. The Morgan fingerprint density at radius 3 is 2.44 bits per heavy atom. The van der Waals surface area contributed by atoms with Crippen LogP contribution in [-0.4, -0.2) is 68.1 Å². The van der Waals surface area contributed by atoms with Crippen molar-refractivity contribution in [3.05, 3.63) is 73.2 Å². The Morgan fingerprint density at radius 2 is 1.66 bits per heavy atom. The maximum absolute atomic E-state index is 12.5. The van der Waals surface area contributed by atoms with Crippen molar-refractivity contribution in [3.63, 3.8) is 0 Å². The Hall–Kier alpha value is -3.78. The summed E-state index contributed by atoms with van der Waals surface area (Å²) in [6.07, 6.45) is 5.37. The lowest BCUT2D eigenvalue weighted by Gasteiger charge is -2.34. The van der Waals surface area contributed by atoms with Crippen LogP contribution in [0.2, 0.25) is 0 Å². The average molecular weight is 428 g/mol. The highest BCUT2D eigenvalue weighted by atomic mass is 16.2. The van der Waals surface area contributed by atoms with E-state index in [0.717, 1.165) is 54.4 Å². The fourth-order valence-corrected chi connectivity index (χ4v) is 4.03. The normalized spacial score (nSPS) is 14.6. The molecule has 0 saturated carbocycles. The number of nitrogens with one attached hydrogen (secondary N) is 1. The third-order valence-corrected chi connectivity index (χ3v) is 5.77. The molecule has 1 aliphatic heterocycles. The number of anilines is 1. The summed E-state index contributed by atoms with van der Waals surface area (Å²) in [7, 11) is 0. The Labute approximate surface area is 186 Å². The summed E-state index contributed by atoms with van der Waals surface area (Å²) in [4.78, 5) is 30.3. The van der Waals surface area contributed by atoms with E-state index >= 15 is 0 Å². The molecule has 5 rings (SSSR count). The lowest BCUT2D eigenvalue weighted by atomic mass is 10.2. The molecule has 8 heteroatoms. The predicted octanol–water partition coefficient (Wildman–Crippen LogP) is 3.34. The topological polar surface area (TPSA) is 79.2 Å². The van der Waals surface area contributed by atoms with E-state index in [0.29, 0.717) is 13.1 Å². The van der Waals surface area contributed by atoms with Gasteiger partial charge in [0.15, 0.2) is 5.65 Å². The molecular formula is C24H25N7O. The molecule has 4 heterocycles. The lowest BCUT2D eigenvalue weighted by Crippen LogP contribution is -2.50. The van der Waals surface area contributed by atoms with Crippen LogP contribution in [0.1, 0.15) is 0 Å². The number of amides is 2. The van der Waals surface area contributed by atoms with Gasteiger partial charge in [0, 0.05) is 69.1 Å². The highest BCUT2D eigenvalue weighted by Crippen LogP contribution is 2.23. The summed E-state index contributed by atoms with van der Waals surface area (Å²) in [5.74, 6) is 0.905. The summed E-state index contributed by atoms with van der Waals surface area (Å²) in [5.41, 5.74) is 3.63. The maximum atomic E-state index is 12.5. The summed E-state index contributed by atoms with van der Waals surface area (Å²) >= 11 is 0. The van der Waals surface area contributed by atoms with Gasteiger partial charge < -0.3 is 14.8 Å². The number of nitrogens with zero attached hydrogens (tertiary/aromatic N) is 6. The highest BCUT2D eigenvalue weighted by Gasteiger charge is 2.22. The minimum Gasteiger partial charge on any atom is -0.322 e. The van der Waals surface area contributed by atoms with Gasteiger partial charge in [-0.3, -0.25) is 9.88 Å². The van der Waals surface area contributed by atoms with E-state index in [2.05, 4.69) is 24.8 Å². The Morgan fingerprint density at radius 1 is 0.875 bits per heavy atom. The number of pyridine rings is 2. The zero-order chi connectivity index (χ0) is 21.8. The fraction of sp³-hybridized carbons (Fsp3) is 0.250. The zero-order valence-electron chi connectivity index (χ0n) is 17.8. The number of rotatable bonds is 5. The fourth-order valence-electron chi connectivity index (χ4n) is 4.03. The summed E-state index contributed by atoms with van der Waals surface area (Å²) in [6.45, 7) is 4.74. The third-order valence-electron chi connectivity index (χ3n) is 5.77. The number of piperazine rings is 1. The Balaban J connectivity index is 1.23. The van der Waals surface area contributed by atoms with Gasteiger partial charge in [-0.05, 0) is 36.4 Å². The van der Waals surface area contributed by atoms with Crippen LogP contribution in [0.4, 0.5) is 10.5 Å². The minimum atomic E-state index is -0.0411. The second-order valence-corrected chi connectivity index (χ2v) is 7.79. The van der Waals surface area contributed by atoms with Crippen LogP contribution in [0.5, 0.6) is 0 Å². The molecule has 0 unspecified atom stereocenters. The predicted molar refractivity (Wildman–Crippen MR) is 124 cm³/mol. The van der Waals surface area contributed by atoms with Crippen molar-refractivity contribution in [2.45, 2.75) is 6.54 Å². The average Bonchev–Trinajstić information content (AvgIpc) is 3.23. The van der Waals surface area contributed by atoms with E-state index in [1.165, 1.54) is 0 Å². The van der Waals surface area contributed by atoms with E-state index in [4.69, 9.17) is 4.98 Å². The summed E-state index contributed by atoms with van der Waals surface area (Å²) < 4.78 is 2.18. The molecule has 162 valence electrons. The Kier molecular flexibility index (Phi) is 5.76. The number of imidazole rings is 1. The van der Waals surface area contributed by atoms with Gasteiger partial charge in [0.05, 0.1) is 0 Å². The molecule has 4 aromatic rings. The van der Waals surface area contributed by atoms with Crippen molar-refractivity contribution in [2.24, 2.45) is 0 Å². The number of para-hydroxylation sites is 1. The standard InChI is InChI=1S/C24H25N7O/c32-24(27-20-5-2-1-3-6-20)30-16-13-29(14-17-30)15-18-31-22(19-8-11-25-12-9-19)28-21-7-4-10-26-23(21)31/h1-12H,13-18H2,(H,27,32). The number of hydrogen-bond donors (Lipinski definition) is 1. The summed E-state index contributed by atoms with van der Waals surface area (Å²) in [6, 6.07) is 17.4. The number of fused-ring (bicyclic) bond motifs is 1. The molecule has 32 heavy (non-hydrogen) atoms. The van der Waals surface area contributed by atoms with Crippen molar-refractivity contribution in [3.8, 4) is 11.4 Å². The van der Waals surface area contributed by atoms with Gasteiger partial charge in [-0.15, -0.1) is 0 Å². The van der Waals surface area contributed by atoms with Crippen molar-refractivity contribution >= 4 is 22.9 Å². The molecule has 1 aliphatic rings. The third kappa shape index (κ3) is 4.31. The molecule has 0 aliphatic carbocycles. The van der Waals surface area contributed by atoms with Crippen LogP contribution in [0, 0.1) is 0 Å². The van der Waals surface area contributed by atoms with Gasteiger partial charge in [0.1, 0.15) is 11.3 Å². The smallest absolute Gasteiger partial charge is 0.321 e. The van der Waals surface area contributed by atoms with Gasteiger partial charge in [0.25, 0.3) is 0 Å². The lowest BCUT2D eigenvalue weighted by molar-refractivity contribution is 0.145. The minimum absolute atomic E-state index is 0.0411. The number of hydrogen-bond acceptors (Lipinski definition) is 5. The van der Waals surface area contributed by atoms with Crippen LogP contribution in [0.15, 0.2) is 73.2 Å². The van der Waals surface area contributed by atoms with Gasteiger partial charge in [-0.1, -0.05) is 18.2 Å². The van der Waals surface area contributed by atoms with Gasteiger partial charge >= 0.3 is 6.03 Å². The Bertz CT molecular complexity index is 1180. The van der Waals surface area contributed by atoms with Crippen LogP contribution < -0.4 is 5.32 Å². The molecular weight excluding hydrogens is 402 g/mol. The second-order valence-electron chi connectivity index (χ2n) is 7.79. The molecule has 0 bridgehead atoms. The number of carbonyl (C=O) groups is 1. The first-order valence-electron chi connectivity index (χ1n) is 10.8. The van der Waals surface area contributed by atoms with E-state index in [1.807, 2.05) is 59.5 Å². The van der Waals surface area contributed by atoms with Crippen LogP contribution in [0.25, 0.3) is 22.6 Å². The zero-order valence-corrected chi connectivity index (χ0v) is 17.8. The van der Waals surface area contributed by atoms with Crippen LogP contribution >= 0.6 is 0 Å². The van der Waals surface area contributed by atoms with E-state index in [-0.39, 0.29) is 6.03 Å². The SMILES string of the molecule is O=C(Nc1ccccc1)N1CCN(CCn2c(-c3ccncc3)nc3cccnc32)CC1. The van der Waals surface area contributed by atoms with Gasteiger partial charge in [-0.2, -0.15) is 0 Å². The largest absolute Gasteiger partial charge is 0.322 e. The van der Waals surface area contributed by atoms with E-state index < -0.39 is 0 Å². The molecule has 0 atom stereocenters. The van der Waals surface area contributed by atoms with Crippen molar-refractivity contribution in [2.75, 3.05) is 38.0 Å². The van der Waals surface area contributed by atoms with E-state index in [1.54, 1.807) is 18.6 Å². The molecule has 1 aromatic carbocycles. The molecule has 1 fully saturated rings. The molecule has 0 spiro atoms. The molecule has 1 N–H and O–H groups in total.